The third-order valence-corrected chi connectivity index (χ3v) is 4.93. The third kappa shape index (κ3) is 3.59. The van der Waals surface area contributed by atoms with Crippen molar-refractivity contribution in [2.24, 2.45) is 0 Å². The molecule has 128 valence electrons. The Kier molecular flexibility index (Phi) is 4.64. The molecule has 0 aliphatic rings. The Balaban J connectivity index is 1.82. The van der Waals surface area contributed by atoms with Gasteiger partial charge >= 0.3 is 0 Å². The number of aldehydes is 1. The minimum atomic E-state index is -3.48. The lowest BCUT2D eigenvalue weighted by atomic mass is 10.3. The van der Waals surface area contributed by atoms with Crippen LogP contribution in [-0.2, 0) is 14.8 Å². The number of carbonyl (C=O) groups excluding carboxylic acids is 1. The minimum absolute atomic E-state index is 0.152. The monoisotopic (exact) mass is 357 g/mol. The number of anilines is 1. The van der Waals surface area contributed by atoms with Crippen LogP contribution in [0.25, 0.3) is 16.7 Å². The standard InChI is InChI=1S/C17H15N3O4S/c1-18-25(22,23)14-8-6-13(7-9-14)19-10-12(11-21)17-20-15-4-2-3-5-16(15)24-17/h2-11,18-19H,1H3/b12-10-. The van der Waals surface area contributed by atoms with Crippen molar-refractivity contribution >= 4 is 38.7 Å². The molecule has 0 aliphatic heterocycles. The lowest BCUT2D eigenvalue weighted by Gasteiger charge is -2.05. The zero-order valence-corrected chi connectivity index (χ0v) is 14.1. The molecule has 8 heteroatoms. The van der Waals surface area contributed by atoms with Crippen molar-refractivity contribution < 1.29 is 17.6 Å². The van der Waals surface area contributed by atoms with E-state index >= 15 is 0 Å². The molecule has 0 unspecified atom stereocenters. The Labute approximate surface area is 144 Å². The predicted molar refractivity (Wildman–Crippen MR) is 94.4 cm³/mol. The number of rotatable bonds is 6. The molecule has 3 aromatic rings. The number of fused-ring (bicyclic) bond motifs is 1. The zero-order chi connectivity index (χ0) is 17.9. The molecular formula is C17H15N3O4S. The molecular weight excluding hydrogens is 342 g/mol. The Bertz CT molecular complexity index is 1000. The van der Waals surface area contributed by atoms with Crippen LogP contribution in [0, 0.1) is 0 Å². The van der Waals surface area contributed by atoms with Crippen molar-refractivity contribution in [2.75, 3.05) is 12.4 Å². The highest BCUT2D eigenvalue weighted by atomic mass is 32.2. The number of nitrogens with zero attached hydrogens (tertiary/aromatic N) is 1. The van der Waals surface area contributed by atoms with E-state index in [0.29, 0.717) is 23.1 Å². The summed E-state index contributed by atoms with van der Waals surface area (Å²) in [5, 5.41) is 2.93. The Morgan fingerprint density at radius 2 is 1.84 bits per heavy atom. The van der Waals surface area contributed by atoms with Crippen LogP contribution in [0.15, 0.2) is 64.0 Å². The van der Waals surface area contributed by atoms with E-state index < -0.39 is 10.0 Å². The van der Waals surface area contributed by atoms with Crippen LogP contribution in [0.4, 0.5) is 5.69 Å². The Morgan fingerprint density at radius 3 is 2.48 bits per heavy atom. The van der Waals surface area contributed by atoms with Crippen LogP contribution in [0.2, 0.25) is 0 Å². The number of hydrogen-bond acceptors (Lipinski definition) is 6. The largest absolute Gasteiger partial charge is 0.436 e. The summed E-state index contributed by atoms with van der Waals surface area (Å²) in [6.45, 7) is 0. The highest BCUT2D eigenvalue weighted by Crippen LogP contribution is 2.20. The smallest absolute Gasteiger partial charge is 0.240 e. The van der Waals surface area contributed by atoms with Gasteiger partial charge < -0.3 is 9.73 Å². The van der Waals surface area contributed by atoms with Gasteiger partial charge in [0, 0.05) is 11.9 Å². The lowest BCUT2D eigenvalue weighted by molar-refractivity contribution is -0.103. The van der Waals surface area contributed by atoms with Crippen LogP contribution < -0.4 is 10.0 Å². The van der Waals surface area contributed by atoms with Gasteiger partial charge in [0.1, 0.15) is 5.52 Å². The fourth-order valence-corrected chi connectivity index (χ4v) is 2.88. The number of para-hydroxylation sites is 2. The van der Waals surface area contributed by atoms with Gasteiger partial charge in [-0.2, -0.15) is 0 Å². The number of carbonyl (C=O) groups is 1. The summed E-state index contributed by atoms with van der Waals surface area (Å²) in [7, 11) is -2.13. The maximum absolute atomic E-state index is 11.7. The first kappa shape index (κ1) is 16.9. The molecule has 0 aliphatic carbocycles. The van der Waals surface area contributed by atoms with Crippen molar-refractivity contribution in [3.63, 3.8) is 0 Å². The molecule has 2 N–H and O–H groups in total. The van der Waals surface area contributed by atoms with E-state index in [1.807, 2.05) is 12.1 Å². The van der Waals surface area contributed by atoms with Crippen molar-refractivity contribution in [3.05, 3.63) is 60.6 Å². The van der Waals surface area contributed by atoms with Gasteiger partial charge in [0.05, 0.1) is 10.5 Å². The molecule has 1 heterocycles. The van der Waals surface area contributed by atoms with Gasteiger partial charge in [0.2, 0.25) is 15.9 Å². The average Bonchev–Trinajstić information content (AvgIpc) is 3.06. The number of nitrogens with one attached hydrogen (secondary N) is 2. The van der Waals surface area contributed by atoms with Crippen LogP contribution in [0.1, 0.15) is 5.89 Å². The van der Waals surface area contributed by atoms with Gasteiger partial charge in [0.25, 0.3) is 0 Å². The summed E-state index contributed by atoms with van der Waals surface area (Å²) < 4.78 is 31.2. The van der Waals surface area contributed by atoms with E-state index in [9.17, 15) is 13.2 Å². The maximum Gasteiger partial charge on any atom is 0.240 e. The second-order valence-electron chi connectivity index (χ2n) is 5.08. The highest BCUT2D eigenvalue weighted by molar-refractivity contribution is 7.89. The number of sulfonamides is 1. The van der Waals surface area contributed by atoms with Gasteiger partial charge in [0.15, 0.2) is 11.9 Å². The molecule has 0 amide bonds. The number of benzene rings is 2. The molecule has 0 spiro atoms. The summed E-state index contributed by atoms with van der Waals surface area (Å²) in [5.74, 6) is 0.207. The summed E-state index contributed by atoms with van der Waals surface area (Å²) in [6.07, 6.45) is 2.09. The molecule has 0 radical (unpaired) electrons. The topological polar surface area (TPSA) is 101 Å². The number of aromatic nitrogens is 1. The van der Waals surface area contributed by atoms with E-state index in [0.717, 1.165) is 0 Å². The zero-order valence-electron chi connectivity index (χ0n) is 13.3. The fourth-order valence-electron chi connectivity index (χ4n) is 2.15. The van der Waals surface area contributed by atoms with Crippen molar-refractivity contribution in [3.8, 4) is 0 Å². The van der Waals surface area contributed by atoms with E-state index in [1.165, 1.54) is 25.4 Å². The van der Waals surface area contributed by atoms with E-state index in [-0.39, 0.29) is 16.4 Å². The minimum Gasteiger partial charge on any atom is -0.436 e. The normalized spacial score (nSPS) is 12.3. The van der Waals surface area contributed by atoms with E-state index in [4.69, 9.17) is 4.42 Å². The number of oxazole rings is 1. The molecule has 0 bridgehead atoms. The van der Waals surface area contributed by atoms with Gasteiger partial charge in [-0.15, -0.1) is 0 Å². The first-order valence-corrected chi connectivity index (χ1v) is 8.83. The van der Waals surface area contributed by atoms with Crippen molar-refractivity contribution in [2.45, 2.75) is 4.90 Å². The molecule has 0 saturated heterocycles. The van der Waals surface area contributed by atoms with Crippen LogP contribution in [0.3, 0.4) is 0 Å². The fraction of sp³-hybridized carbons (Fsp3) is 0.0588. The first-order chi connectivity index (χ1) is 12.0. The Hall–Kier alpha value is -2.97. The van der Waals surface area contributed by atoms with Gasteiger partial charge in [-0.1, -0.05) is 12.1 Å². The van der Waals surface area contributed by atoms with Gasteiger partial charge in [-0.25, -0.2) is 18.1 Å². The van der Waals surface area contributed by atoms with E-state index in [2.05, 4.69) is 15.0 Å². The van der Waals surface area contributed by atoms with Crippen molar-refractivity contribution in [1.29, 1.82) is 0 Å². The van der Waals surface area contributed by atoms with Crippen molar-refractivity contribution in [1.82, 2.24) is 9.71 Å². The molecule has 0 saturated carbocycles. The second-order valence-corrected chi connectivity index (χ2v) is 6.97. The van der Waals surface area contributed by atoms with Gasteiger partial charge in [-0.05, 0) is 43.4 Å². The van der Waals surface area contributed by atoms with Gasteiger partial charge in [-0.3, -0.25) is 4.79 Å². The molecule has 3 rings (SSSR count). The molecule has 1 aromatic heterocycles. The van der Waals surface area contributed by atoms with E-state index in [1.54, 1.807) is 24.3 Å². The van der Waals surface area contributed by atoms with Crippen LogP contribution in [0.5, 0.6) is 0 Å². The lowest BCUT2D eigenvalue weighted by Crippen LogP contribution is -2.18. The number of hydrogen-bond donors (Lipinski definition) is 2. The predicted octanol–water partition coefficient (Wildman–Crippen LogP) is 2.39. The summed E-state index contributed by atoms with van der Waals surface area (Å²) >= 11 is 0. The first-order valence-electron chi connectivity index (χ1n) is 7.35. The second kappa shape index (κ2) is 6.88. The molecule has 0 atom stereocenters. The average molecular weight is 357 g/mol. The summed E-state index contributed by atoms with van der Waals surface area (Å²) in [6, 6.07) is 13.3. The third-order valence-electron chi connectivity index (χ3n) is 3.50. The molecule has 0 fully saturated rings. The summed E-state index contributed by atoms with van der Waals surface area (Å²) in [5.41, 5.74) is 2.10. The van der Waals surface area contributed by atoms with Crippen LogP contribution >= 0.6 is 0 Å². The molecule has 7 nitrogen and oxygen atoms in total. The Morgan fingerprint density at radius 1 is 1.12 bits per heavy atom. The summed E-state index contributed by atoms with van der Waals surface area (Å²) in [4.78, 5) is 15.7. The molecule has 25 heavy (non-hydrogen) atoms. The quantitative estimate of drug-likeness (QED) is 0.519. The highest BCUT2D eigenvalue weighted by Gasteiger charge is 2.11. The SMILES string of the molecule is CNS(=O)(=O)c1ccc(N/C=C(/C=O)c2nc3ccccc3o2)cc1. The molecule has 2 aromatic carbocycles. The van der Waals surface area contributed by atoms with Crippen LogP contribution in [-0.4, -0.2) is 26.7 Å². The number of allylic oxidation sites excluding steroid dienone is 1. The maximum atomic E-state index is 11.7.